The van der Waals surface area contributed by atoms with Crippen molar-refractivity contribution < 1.29 is 14.6 Å². The first-order chi connectivity index (χ1) is 12.8. The molecule has 6 heteroatoms. The van der Waals surface area contributed by atoms with Crippen LogP contribution >= 0.6 is 31.9 Å². The number of anilines is 1. The zero-order chi connectivity index (χ0) is 19.3. The van der Waals surface area contributed by atoms with Crippen LogP contribution in [0.15, 0.2) is 39.0 Å². The number of aliphatic hydroxyl groups is 1. The third kappa shape index (κ3) is 3.61. The molecule has 146 valence electrons. The van der Waals surface area contributed by atoms with Crippen LogP contribution in [0, 0.1) is 5.92 Å². The van der Waals surface area contributed by atoms with Crippen LogP contribution in [0.25, 0.3) is 0 Å². The average molecular weight is 499 g/mol. The van der Waals surface area contributed by atoms with Crippen LogP contribution in [-0.2, 0) is 14.9 Å². The van der Waals surface area contributed by atoms with Gasteiger partial charge in [0.25, 0.3) is 0 Å². The Morgan fingerprint density at radius 2 is 1.89 bits per heavy atom. The van der Waals surface area contributed by atoms with Gasteiger partial charge < -0.3 is 19.9 Å². The van der Waals surface area contributed by atoms with Gasteiger partial charge in [0.2, 0.25) is 0 Å². The number of hydrogen-bond donors (Lipinski definition) is 2. The lowest BCUT2D eigenvalue weighted by molar-refractivity contribution is -0.153. The van der Waals surface area contributed by atoms with Gasteiger partial charge >= 0.3 is 0 Å². The number of fused-ring (bicyclic) bond motifs is 3. The summed E-state index contributed by atoms with van der Waals surface area (Å²) < 4.78 is 13.9. The van der Waals surface area contributed by atoms with E-state index in [1.165, 1.54) is 11.1 Å². The van der Waals surface area contributed by atoms with Gasteiger partial charge in [-0.2, -0.15) is 0 Å². The molecule has 4 rings (SSSR count). The van der Waals surface area contributed by atoms with Crippen molar-refractivity contribution in [1.82, 2.24) is 0 Å². The van der Waals surface area contributed by atoms with Crippen molar-refractivity contribution in [1.29, 1.82) is 0 Å². The Morgan fingerprint density at radius 3 is 2.59 bits per heavy atom. The summed E-state index contributed by atoms with van der Waals surface area (Å²) in [5.74, 6) is 0.448. The molecule has 1 saturated heterocycles. The summed E-state index contributed by atoms with van der Waals surface area (Å²) in [5.41, 5.74) is 3.67. The molecule has 1 aromatic rings. The number of halogens is 2. The molecule has 0 saturated carbocycles. The molecule has 0 bridgehead atoms. The molecule has 27 heavy (non-hydrogen) atoms. The van der Waals surface area contributed by atoms with E-state index in [1.807, 2.05) is 0 Å². The van der Waals surface area contributed by atoms with Crippen molar-refractivity contribution in [3.05, 3.63) is 50.1 Å². The van der Waals surface area contributed by atoms with Crippen molar-refractivity contribution in [2.75, 3.05) is 18.5 Å². The normalized spacial score (nSPS) is 30.9. The fourth-order valence-electron chi connectivity index (χ4n) is 4.10. The molecule has 1 fully saturated rings. The first kappa shape index (κ1) is 19.5. The maximum Gasteiger partial charge on any atom is 0.139 e. The second-order valence-electron chi connectivity index (χ2n) is 8.49. The third-order valence-corrected chi connectivity index (χ3v) is 6.95. The zero-order valence-electron chi connectivity index (χ0n) is 15.8. The van der Waals surface area contributed by atoms with Crippen LogP contribution in [0.2, 0.25) is 0 Å². The zero-order valence-corrected chi connectivity index (χ0v) is 18.9. The van der Waals surface area contributed by atoms with Crippen molar-refractivity contribution in [2.45, 2.75) is 50.9 Å². The first-order valence-electron chi connectivity index (χ1n) is 9.35. The van der Waals surface area contributed by atoms with Gasteiger partial charge in [-0.1, -0.05) is 54.9 Å². The standard InChI is InChI=1S/C21H25Br2NO3/c1-21(2,3)12-4-5-16-13(10-12)19-20(27-7-6-26-19)17(24-16)11-8-14(22)18(25)15(23)9-11/h4-5,8,10-11,17,19-20,24-25H,6-7,9H2,1-3H3/t11?,17-,19+,20-/m0/s1. The molecule has 3 aliphatic rings. The Morgan fingerprint density at radius 1 is 1.15 bits per heavy atom. The highest BCUT2D eigenvalue weighted by molar-refractivity contribution is 9.12. The van der Waals surface area contributed by atoms with E-state index < -0.39 is 0 Å². The molecule has 0 spiro atoms. The van der Waals surface area contributed by atoms with Gasteiger partial charge in [0.1, 0.15) is 18.0 Å². The number of ether oxygens (including phenoxy) is 2. The second-order valence-corrected chi connectivity index (χ2v) is 10.3. The van der Waals surface area contributed by atoms with Crippen LogP contribution in [0.3, 0.4) is 0 Å². The van der Waals surface area contributed by atoms with Gasteiger partial charge in [-0.15, -0.1) is 0 Å². The van der Waals surface area contributed by atoms with E-state index in [2.05, 4.69) is 82.2 Å². The van der Waals surface area contributed by atoms with Gasteiger partial charge in [0.15, 0.2) is 0 Å². The summed E-state index contributed by atoms with van der Waals surface area (Å²) >= 11 is 6.99. The van der Waals surface area contributed by atoms with Crippen LogP contribution in [0.4, 0.5) is 5.69 Å². The number of hydrogen-bond acceptors (Lipinski definition) is 4. The predicted molar refractivity (Wildman–Crippen MR) is 115 cm³/mol. The van der Waals surface area contributed by atoms with Gasteiger partial charge in [0.05, 0.1) is 23.7 Å². The molecule has 4 nitrogen and oxygen atoms in total. The molecule has 2 heterocycles. The lowest BCUT2D eigenvalue weighted by atomic mass is 9.79. The molecule has 0 amide bonds. The highest BCUT2D eigenvalue weighted by atomic mass is 79.9. The number of aliphatic hydroxyl groups excluding tert-OH is 1. The van der Waals surface area contributed by atoms with E-state index in [9.17, 15) is 5.11 Å². The third-order valence-electron chi connectivity index (χ3n) is 5.61. The van der Waals surface area contributed by atoms with Crippen molar-refractivity contribution in [2.24, 2.45) is 5.92 Å². The van der Waals surface area contributed by atoms with Gasteiger partial charge in [-0.05, 0) is 39.4 Å². The second kappa shape index (κ2) is 7.21. The Hall–Kier alpha value is -0.820. The number of nitrogens with one attached hydrogen (secondary N) is 1. The largest absolute Gasteiger partial charge is 0.506 e. The first-order valence-corrected chi connectivity index (χ1v) is 10.9. The van der Waals surface area contributed by atoms with Gasteiger partial charge in [0, 0.05) is 21.7 Å². The van der Waals surface area contributed by atoms with Crippen LogP contribution < -0.4 is 5.32 Å². The SMILES string of the molecule is CC(C)(C)c1ccc2c(c1)[C@H]1OCCO[C@H]1[C@H](C1C=C(Br)C(O)=C(Br)C1)N2. The molecule has 1 aromatic carbocycles. The lowest BCUT2D eigenvalue weighted by Gasteiger charge is -2.46. The van der Waals surface area contributed by atoms with E-state index in [0.717, 1.165) is 21.1 Å². The summed E-state index contributed by atoms with van der Waals surface area (Å²) in [6, 6.07) is 6.69. The molecule has 1 aliphatic carbocycles. The van der Waals surface area contributed by atoms with Crippen molar-refractivity contribution in [3.8, 4) is 0 Å². The molecule has 1 unspecified atom stereocenters. The van der Waals surface area contributed by atoms with Gasteiger partial charge in [-0.3, -0.25) is 0 Å². The summed E-state index contributed by atoms with van der Waals surface area (Å²) in [6.07, 6.45) is 2.65. The quantitative estimate of drug-likeness (QED) is 0.521. The average Bonchev–Trinajstić information content (AvgIpc) is 2.64. The Kier molecular flexibility index (Phi) is 5.21. The molecule has 0 radical (unpaired) electrons. The maximum absolute atomic E-state index is 10.1. The minimum Gasteiger partial charge on any atom is -0.506 e. The highest BCUT2D eigenvalue weighted by Crippen LogP contribution is 2.45. The van der Waals surface area contributed by atoms with E-state index in [-0.39, 0.29) is 35.3 Å². The van der Waals surface area contributed by atoms with E-state index in [1.54, 1.807) is 0 Å². The van der Waals surface area contributed by atoms with E-state index in [4.69, 9.17) is 9.47 Å². The monoisotopic (exact) mass is 497 g/mol. The Labute approximate surface area is 177 Å². The van der Waals surface area contributed by atoms with Crippen LogP contribution in [0.5, 0.6) is 0 Å². The van der Waals surface area contributed by atoms with E-state index in [0.29, 0.717) is 13.2 Å². The van der Waals surface area contributed by atoms with Crippen LogP contribution in [-0.4, -0.2) is 30.5 Å². The Bertz CT molecular complexity index is 812. The molecule has 2 N–H and O–H groups in total. The van der Waals surface area contributed by atoms with Crippen molar-refractivity contribution >= 4 is 37.5 Å². The lowest BCUT2D eigenvalue weighted by Crippen LogP contribution is -2.51. The molecule has 4 atom stereocenters. The molecule has 0 aromatic heterocycles. The maximum atomic E-state index is 10.1. The molecular formula is C21H25Br2NO3. The fourth-order valence-corrected chi connectivity index (χ4v) is 5.53. The topological polar surface area (TPSA) is 50.7 Å². The fraction of sp³-hybridized carbons (Fsp3) is 0.524. The Balaban J connectivity index is 1.71. The summed E-state index contributed by atoms with van der Waals surface area (Å²) in [7, 11) is 0. The van der Waals surface area contributed by atoms with Gasteiger partial charge in [-0.25, -0.2) is 0 Å². The smallest absolute Gasteiger partial charge is 0.139 e. The predicted octanol–water partition coefficient (Wildman–Crippen LogP) is 5.70. The number of allylic oxidation sites excluding steroid dienone is 2. The minimum absolute atomic E-state index is 0.0661. The molecule has 2 aliphatic heterocycles. The summed E-state index contributed by atoms with van der Waals surface area (Å²) in [6.45, 7) is 7.90. The minimum atomic E-state index is -0.0762. The number of benzene rings is 1. The summed E-state index contributed by atoms with van der Waals surface area (Å²) in [5, 5.41) is 13.8. The number of rotatable bonds is 1. The van der Waals surface area contributed by atoms with E-state index >= 15 is 0 Å². The van der Waals surface area contributed by atoms with Crippen LogP contribution in [0.1, 0.15) is 44.4 Å². The summed E-state index contributed by atoms with van der Waals surface area (Å²) in [4.78, 5) is 0. The van der Waals surface area contributed by atoms with Crippen molar-refractivity contribution in [3.63, 3.8) is 0 Å². The molecular weight excluding hydrogens is 474 g/mol. The highest BCUT2D eigenvalue weighted by Gasteiger charge is 2.44.